The van der Waals surface area contributed by atoms with Crippen molar-refractivity contribution in [3.05, 3.63) is 58.8 Å². The van der Waals surface area contributed by atoms with Crippen LogP contribution < -0.4 is 11.3 Å². The summed E-state index contributed by atoms with van der Waals surface area (Å²) < 4.78 is 20.6. The van der Waals surface area contributed by atoms with Gasteiger partial charge in [0.15, 0.2) is 11.6 Å². The minimum Gasteiger partial charge on any atom is -0.380 e. The number of rotatable bonds is 2. The van der Waals surface area contributed by atoms with Gasteiger partial charge in [-0.2, -0.15) is 0 Å². The van der Waals surface area contributed by atoms with Crippen LogP contribution in [0.1, 0.15) is 0 Å². The van der Waals surface area contributed by atoms with Crippen LogP contribution in [0.15, 0.2) is 51.9 Å². The zero-order chi connectivity index (χ0) is 15.0. The van der Waals surface area contributed by atoms with Gasteiger partial charge in [0, 0.05) is 30.4 Å². The van der Waals surface area contributed by atoms with E-state index in [1.807, 2.05) is 0 Å². The van der Waals surface area contributed by atoms with Gasteiger partial charge in [-0.25, -0.2) is 4.39 Å². The summed E-state index contributed by atoms with van der Waals surface area (Å²) in [6.45, 7) is 0. The number of hydrogen-bond donors (Lipinski definition) is 1. The van der Waals surface area contributed by atoms with Gasteiger partial charge in [-0.3, -0.25) is 4.79 Å². The average molecular weight is 285 g/mol. The maximum Gasteiger partial charge on any atom is 0.250 e. The number of halogens is 1. The summed E-state index contributed by atoms with van der Waals surface area (Å²) in [6.07, 6.45) is 1.60. The van der Waals surface area contributed by atoms with Crippen LogP contribution in [0.5, 0.6) is 0 Å². The first-order valence-corrected chi connectivity index (χ1v) is 6.25. The molecule has 21 heavy (non-hydrogen) atoms. The van der Waals surface area contributed by atoms with Crippen molar-refractivity contribution in [3.8, 4) is 22.5 Å². The molecule has 0 radical (unpaired) electrons. The normalized spacial score (nSPS) is 10.8. The monoisotopic (exact) mass is 285 g/mol. The Kier molecular flexibility index (Phi) is 3.06. The van der Waals surface area contributed by atoms with Crippen molar-refractivity contribution in [3.63, 3.8) is 0 Å². The number of aryl methyl sites for hydroxylation is 1. The van der Waals surface area contributed by atoms with Crippen LogP contribution in [0.25, 0.3) is 22.5 Å². The van der Waals surface area contributed by atoms with Gasteiger partial charge < -0.3 is 14.8 Å². The molecule has 0 bridgehead atoms. The number of pyridine rings is 1. The Morgan fingerprint density at radius 1 is 1.29 bits per heavy atom. The Labute approximate surface area is 119 Å². The highest BCUT2D eigenvalue weighted by atomic mass is 19.1. The second kappa shape index (κ2) is 4.90. The molecule has 2 aromatic heterocycles. The Morgan fingerprint density at radius 2 is 2.05 bits per heavy atom. The number of nitrogen functional groups attached to an aromatic ring is 1. The highest BCUT2D eigenvalue weighted by Gasteiger charge is 2.20. The molecule has 0 spiro atoms. The summed E-state index contributed by atoms with van der Waals surface area (Å²) in [4.78, 5) is 11.7. The summed E-state index contributed by atoms with van der Waals surface area (Å²) in [5.74, 6) is -0.0800. The van der Waals surface area contributed by atoms with Crippen molar-refractivity contribution in [1.29, 1.82) is 0 Å². The van der Waals surface area contributed by atoms with E-state index in [1.165, 1.54) is 16.7 Å². The summed E-state index contributed by atoms with van der Waals surface area (Å²) in [7, 11) is 1.64. The number of benzene rings is 1. The first-order valence-electron chi connectivity index (χ1n) is 6.25. The molecule has 1 aromatic carbocycles. The zero-order valence-corrected chi connectivity index (χ0v) is 11.2. The van der Waals surface area contributed by atoms with Gasteiger partial charge in [0.2, 0.25) is 0 Å². The molecule has 0 saturated carbocycles. The number of nitrogens with two attached hydrogens (primary N) is 1. The second-order valence-electron chi connectivity index (χ2n) is 4.62. The van der Waals surface area contributed by atoms with Crippen LogP contribution >= 0.6 is 0 Å². The van der Waals surface area contributed by atoms with Gasteiger partial charge in [0.25, 0.3) is 5.56 Å². The molecule has 2 heterocycles. The number of anilines is 1. The third-order valence-electron chi connectivity index (χ3n) is 3.23. The van der Waals surface area contributed by atoms with Gasteiger partial charge in [0.05, 0.1) is 5.56 Å². The topological polar surface area (TPSA) is 74.1 Å². The number of nitrogens with zero attached hydrogens (tertiary/aromatic N) is 2. The lowest BCUT2D eigenvalue weighted by molar-refractivity contribution is 0.436. The van der Waals surface area contributed by atoms with E-state index in [2.05, 4.69) is 5.16 Å². The predicted molar refractivity (Wildman–Crippen MR) is 77.0 cm³/mol. The fourth-order valence-electron chi connectivity index (χ4n) is 2.11. The Hall–Kier alpha value is -2.89. The molecular formula is C15H12FN3O2. The lowest BCUT2D eigenvalue weighted by Gasteiger charge is -2.04. The van der Waals surface area contributed by atoms with Crippen molar-refractivity contribution < 1.29 is 8.91 Å². The van der Waals surface area contributed by atoms with Gasteiger partial charge in [-0.05, 0) is 12.1 Å². The van der Waals surface area contributed by atoms with Crippen LogP contribution in [0, 0.1) is 5.82 Å². The Morgan fingerprint density at radius 3 is 2.76 bits per heavy atom. The van der Waals surface area contributed by atoms with Crippen molar-refractivity contribution in [2.24, 2.45) is 7.05 Å². The molecule has 0 atom stereocenters. The van der Waals surface area contributed by atoms with Crippen LogP contribution in [0.4, 0.5) is 10.2 Å². The summed E-state index contributed by atoms with van der Waals surface area (Å²) in [5.41, 5.74) is 6.72. The molecule has 5 nitrogen and oxygen atoms in total. The van der Waals surface area contributed by atoms with Gasteiger partial charge in [-0.1, -0.05) is 23.4 Å². The first-order chi connectivity index (χ1) is 10.1. The van der Waals surface area contributed by atoms with Gasteiger partial charge in [0.1, 0.15) is 5.82 Å². The average Bonchev–Trinajstić information content (AvgIpc) is 2.84. The zero-order valence-electron chi connectivity index (χ0n) is 11.2. The van der Waals surface area contributed by atoms with E-state index < -0.39 is 5.82 Å². The molecule has 0 saturated heterocycles. The molecule has 0 aliphatic carbocycles. The molecule has 0 aliphatic rings. The van der Waals surface area contributed by atoms with E-state index in [4.69, 9.17) is 10.3 Å². The SMILES string of the molecule is Cn1ccc(-c2onc(N)c2-c2ccccc2F)cc1=O. The molecule has 0 fully saturated rings. The Balaban J connectivity index is 2.24. The maximum atomic E-state index is 14.0. The highest BCUT2D eigenvalue weighted by Crippen LogP contribution is 2.37. The standard InChI is InChI=1S/C15H12FN3O2/c1-19-7-6-9(8-12(19)20)14-13(15(17)18-21-14)10-4-2-3-5-11(10)16/h2-8H,1H3,(H2,17,18). The van der Waals surface area contributed by atoms with Crippen molar-refractivity contribution in [2.75, 3.05) is 5.73 Å². The van der Waals surface area contributed by atoms with E-state index in [9.17, 15) is 9.18 Å². The lowest BCUT2D eigenvalue weighted by Crippen LogP contribution is -2.14. The van der Waals surface area contributed by atoms with E-state index in [0.29, 0.717) is 11.1 Å². The third kappa shape index (κ3) is 2.20. The van der Waals surface area contributed by atoms with Gasteiger partial charge in [-0.15, -0.1) is 0 Å². The van der Waals surface area contributed by atoms with E-state index in [1.54, 1.807) is 37.5 Å². The molecule has 0 amide bonds. The first kappa shape index (κ1) is 13.1. The van der Waals surface area contributed by atoms with Crippen molar-refractivity contribution in [1.82, 2.24) is 9.72 Å². The maximum absolute atomic E-state index is 14.0. The molecule has 2 N–H and O–H groups in total. The third-order valence-corrected chi connectivity index (χ3v) is 3.23. The van der Waals surface area contributed by atoms with Crippen LogP contribution in [0.3, 0.4) is 0 Å². The predicted octanol–water partition coefficient (Wildman–Crippen LogP) is 2.43. The number of aromatic nitrogens is 2. The molecule has 3 rings (SSSR count). The lowest BCUT2D eigenvalue weighted by atomic mass is 10.0. The quantitative estimate of drug-likeness (QED) is 0.784. The summed E-state index contributed by atoms with van der Waals surface area (Å²) >= 11 is 0. The van der Waals surface area contributed by atoms with Crippen LogP contribution in [0.2, 0.25) is 0 Å². The largest absolute Gasteiger partial charge is 0.380 e. The van der Waals surface area contributed by atoms with E-state index in [0.717, 1.165) is 0 Å². The highest BCUT2D eigenvalue weighted by molar-refractivity contribution is 5.86. The second-order valence-corrected chi connectivity index (χ2v) is 4.62. The van der Waals surface area contributed by atoms with Crippen molar-refractivity contribution >= 4 is 5.82 Å². The van der Waals surface area contributed by atoms with E-state index in [-0.39, 0.29) is 22.7 Å². The van der Waals surface area contributed by atoms with E-state index >= 15 is 0 Å². The molecule has 3 aromatic rings. The van der Waals surface area contributed by atoms with Crippen LogP contribution in [-0.4, -0.2) is 9.72 Å². The fourth-order valence-corrected chi connectivity index (χ4v) is 2.11. The summed E-state index contributed by atoms with van der Waals surface area (Å²) in [5, 5.41) is 3.69. The van der Waals surface area contributed by atoms with Crippen LogP contribution in [-0.2, 0) is 7.05 Å². The van der Waals surface area contributed by atoms with Crippen molar-refractivity contribution in [2.45, 2.75) is 0 Å². The Bertz CT molecular complexity index is 867. The fraction of sp³-hybridized carbons (Fsp3) is 0.0667. The molecular weight excluding hydrogens is 273 g/mol. The minimum absolute atomic E-state index is 0.0794. The smallest absolute Gasteiger partial charge is 0.250 e. The number of hydrogen-bond acceptors (Lipinski definition) is 4. The molecule has 0 aliphatic heterocycles. The minimum atomic E-state index is -0.433. The molecule has 6 heteroatoms. The van der Waals surface area contributed by atoms with Gasteiger partial charge >= 0.3 is 0 Å². The molecule has 106 valence electrons. The summed E-state index contributed by atoms with van der Waals surface area (Å²) in [6, 6.07) is 9.27. The molecule has 0 unspecified atom stereocenters.